The summed E-state index contributed by atoms with van der Waals surface area (Å²) in [5.41, 5.74) is 2.44. The van der Waals surface area contributed by atoms with Crippen molar-refractivity contribution in [2.45, 2.75) is 11.8 Å². The highest BCUT2D eigenvalue weighted by atomic mass is 32.2. The second kappa shape index (κ2) is 5.08. The summed E-state index contributed by atoms with van der Waals surface area (Å²) >= 11 is 1.62. The summed E-state index contributed by atoms with van der Waals surface area (Å²) < 4.78 is 5.31. The number of hydrogen-bond donors (Lipinski definition) is 1. The zero-order valence-electron chi connectivity index (χ0n) is 8.71. The highest BCUT2D eigenvalue weighted by Gasteiger charge is 2.07. The Morgan fingerprint density at radius 3 is 2.86 bits per heavy atom. The van der Waals surface area contributed by atoms with E-state index < -0.39 is 0 Å². The summed E-state index contributed by atoms with van der Waals surface area (Å²) in [7, 11) is 2.04. The van der Waals surface area contributed by atoms with Crippen LogP contribution < -0.4 is 4.72 Å². The first-order valence-corrected chi connectivity index (χ1v) is 5.31. The van der Waals surface area contributed by atoms with Gasteiger partial charge in [-0.1, -0.05) is 18.7 Å². The van der Waals surface area contributed by atoms with Crippen LogP contribution in [0.3, 0.4) is 0 Å². The van der Waals surface area contributed by atoms with Crippen LogP contribution in [0.25, 0.3) is 6.08 Å². The molecule has 0 amide bonds. The first kappa shape index (κ1) is 11.1. The molecule has 0 aliphatic rings. The zero-order valence-corrected chi connectivity index (χ0v) is 9.53. The molecule has 0 spiro atoms. The lowest BCUT2D eigenvalue weighted by molar-refractivity contribution is 0.876. The van der Waals surface area contributed by atoms with Crippen molar-refractivity contribution in [1.29, 1.82) is 0 Å². The van der Waals surface area contributed by atoms with Crippen LogP contribution in [0.5, 0.6) is 0 Å². The van der Waals surface area contributed by atoms with Crippen molar-refractivity contribution in [2.24, 2.45) is 7.05 Å². The lowest BCUT2D eigenvalue weighted by Gasteiger charge is -2.00. The van der Waals surface area contributed by atoms with Gasteiger partial charge in [-0.05, 0) is 18.9 Å². The molecule has 0 unspecified atom stereocenters. The molecule has 1 aromatic rings. The van der Waals surface area contributed by atoms with Gasteiger partial charge < -0.3 is 4.57 Å². The molecule has 0 radical (unpaired) electrons. The second-order valence-corrected chi connectivity index (χ2v) is 3.98. The molecular formula is C11H16N2S. The van der Waals surface area contributed by atoms with Crippen molar-refractivity contribution in [1.82, 2.24) is 9.29 Å². The monoisotopic (exact) mass is 208 g/mol. The van der Waals surface area contributed by atoms with Gasteiger partial charge in [0, 0.05) is 35.9 Å². The first-order chi connectivity index (χ1) is 6.70. The predicted octanol–water partition coefficient (Wildman–Crippen LogP) is 2.76. The van der Waals surface area contributed by atoms with Gasteiger partial charge in [0.15, 0.2) is 0 Å². The standard InChI is InChI=1S/C11H16N2S/c1-5-7-12-14-11-8-13(4)9(3)10(11)6-2/h5-6,8,12H,1-2,7H2,3-4H3. The Morgan fingerprint density at radius 1 is 1.57 bits per heavy atom. The van der Waals surface area contributed by atoms with Crippen LogP contribution in [0.15, 0.2) is 30.3 Å². The molecule has 1 rings (SSSR count). The van der Waals surface area contributed by atoms with Crippen LogP contribution in [0.2, 0.25) is 0 Å². The van der Waals surface area contributed by atoms with Crippen molar-refractivity contribution in [2.75, 3.05) is 6.54 Å². The fraction of sp³-hybridized carbons (Fsp3) is 0.273. The van der Waals surface area contributed by atoms with E-state index in [4.69, 9.17) is 0 Å². The molecule has 76 valence electrons. The Labute approximate surface area is 89.8 Å². The van der Waals surface area contributed by atoms with E-state index in [1.807, 2.05) is 19.2 Å². The second-order valence-electron chi connectivity index (χ2n) is 3.05. The Balaban J connectivity index is 2.80. The summed E-state index contributed by atoms with van der Waals surface area (Å²) in [4.78, 5) is 1.21. The van der Waals surface area contributed by atoms with Gasteiger partial charge in [0.2, 0.25) is 0 Å². The summed E-state index contributed by atoms with van der Waals surface area (Å²) in [6, 6.07) is 0. The lowest BCUT2D eigenvalue weighted by atomic mass is 10.2. The third kappa shape index (κ3) is 2.30. The third-order valence-electron chi connectivity index (χ3n) is 2.11. The van der Waals surface area contributed by atoms with E-state index in [9.17, 15) is 0 Å². The van der Waals surface area contributed by atoms with Gasteiger partial charge in [-0.2, -0.15) is 0 Å². The van der Waals surface area contributed by atoms with Crippen molar-refractivity contribution in [3.8, 4) is 0 Å². The number of nitrogens with one attached hydrogen (secondary N) is 1. The maximum atomic E-state index is 3.82. The minimum atomic E-state index is 0.801. The van der Waals surface area contributed by atoms with Crippen molar-refractivity contribution in [3.05, 3.63) is 36.7 Å². The topological polar surface area (TPSA) is 17.0 Å². The maximum Gasteiger partial charge on any atom is 0.0479 e. The van der Waals surface area contributed by atoms with E-state index in [0.717, 1.165) is 6.54 Å². The molecule has 1 aromatic heterocycles. The normalized spacial score (nSPS) is 10.1. The average Bonchev–Trinajstić information content (AvgIpc) is 2.43. The summed E-state index contributed by atoms with van der Waals surface area (Å²) in [5.74, 6) is 0. The van der Waals surface area contributed by atoms with Gasteiger partial charge in [-0.15, -0.1) is 6.58 Å². The molecule has 0 fully saturated rings. The molecule has 0 saturated heterocycles. The minimum Gasteiger partial charge on any atom is -0.353 e. The molecule has 0 bridgehead atoms. The fourth-order valence-electron chi connectivity index (χ4n) is 1.22. The Hall–Kier alpha value is -0.930. The number of aromatic nitrogens is 1. The van der Waals surface area contributed by atoms with Crippen LogP contribution in [0.4, 0.5) is 0 Å². The van der Waals surface area contributed by atoms with Crippen LogP contribution in [-0.2, 0) is 7.05 Å². The molecule has 0 aromatic carbocycles. The zero-order chi connectivity index (χ0) is 10.6. The molecule has 0 atom stereocenters. The van der Waals surface area contributed by atoms with E-state index in [-0.39, 0.29) is 0 Å². The molecule has 0 saturated carbocycles. The van der Waals surface area contributed by atoms with E-state index in [1.165, 1.54) is 16.2 Å². The van der Waals surface area contributed by atoms with Gasteiger partial charge in [0.05, 0.1) is 0 Å². The van der Waals surface area contributed by atoms with E-state index in [0.29, 0.717) is 0 Å². The highest BCUT2D eigenvalue weighted by Crippen LogP contribution is 2.25. The number of hydrogen-bond acceptors (Lipinski definition) is 2. The van der Waals surface area contributed by atoms with Crippen LogP contribution in [0, 0.1) is 6.92 Å². The molecule has 0 aliphatic heterocycles. The molecule has 0 aliphatic carbocycles. The molecule has 1 N–H and O–H groups in total. The van der Waals surface area contributed by atoms with Crippen LogP contribution >= 0.6 is 11.9 Å². The van der Waals surface area contributed by atoms with Gasteiger partial charge in [-0.25, -0.2) is 0 Å². The summed E-state index contributed by atoms with van der Waals surface area (Å²) in [5, 5.41) is 0. The Bertz CT molecular complexity index is 339. The highest BCUT2D eigenvalue weighted by molar-refractivity contribution is 7.97. The quantitative estimate of drug-likeness (QED) is 0.455. The maximum absolute atomic E-state index is 3.82. The van der Waals surface area contributed by atoms with E-state index >= 15 is 0 Å². The Morgan fingerprint density at radius 2 is 2.29 bits per heavy atom. The largest absolute Gasteiger partial charge is 0.353 e. The number of nitrogens with zero attached hydrogens (tertiary/aromatic N) is 1. The van der Waals surface area contributed by atoms with Crippen molar-refractivity contribution in [3.63, 3.8) is 0 Å². The first-order valence-electron chi connectivity index (χ1n) is 4.49. The minimum absolute atomic E-state index is 0.801. The number of aryl methyl sites for hydroxylation is 1. The Kier molecular flexibility index (Phi) is 4.04. The third-order valence-corrected chi connectivity index (χ3v) is 2.97. The van der Waals surface area contributed by atoms with Gasteiger partial charge in [0.25, 0.3) is 0 Å². The lowest BCUT2D eigenvalue weighted by Crippen LogP contribution is -2.01. The summed E-state index contributed by atoms with van der Waals surface area (Å²) in [6.45, 7) is 10.4. The molecular weight excluding hydrogens is 192 g/mol. The molecule has 14 heavy (non-hydrogen) atoms. The van der Waals surface area contributed by atoms with E-state index in [1.54, 1.807) is 11.9 Å². The van der Waals surface area contributed by atoms with Crippen molar-refractivity contribution >= 4 is 18.0 Å². The molecule has 1 heterocycles. The molecule has 2 nitrogen and oxygen atoms in total. The molecule has 3 heteroatoms. The average molecular weight is 208 g/mol. The fourth-order valence-corrected chi connectivity index (χ4v) is 2.13. The summed E-state index contributed by atoms with van der Waals surface area (Å²) in [6.07, 6.45) is 5.84. The number of rotatable bonds is 5. The van der Waals surface area contributed by atoms with Gasteiger partial charge in [-0.3, -0.25) is 4.72 Å². The van der Waals surface area contributed by atoms with Crippen LogP contribution in [0.1, 0.15) is 11.3 Å². The smallest absolute Gasteiger partial charge is 0.0479 e. The SMILES string of the molecule is C=CCNSc1cn(C)c(C)c1C=C. The van der Waals surface area contributed by atoms with Gasteiger partial charge in [0.1, 0.15) is 0 Å². The van der Waals surface area contributed by atoms with Crippen molar-refractivity contribution < 1.29 is 0 Å². The predicted molar refractivity (Wildman–Crippen MR) is 64.3 cm³/mol. The van der Waals surface area contributed by atoms with E-state index in [2.05, 4.69) is 35.6 Å². The van der Waals surface area contributed by atoms with Crippen LogP contribution in [-0.4, -0.2) is 11.1 Å². The van der Waals surface area contributed by atoms with Gasteiger partial charge >= 0.3 is 0 Å².